The highest BCUT2D eigenvalue weighted by molar-refractivity contribution is 6.33. The fourth-order valence-corrected chi connectivity index (χ4v) is 3.89. The standard InChI is InChI=1S/C22H23ClN4O/c1-14-11-27(12-21-15(2)25-13-26-21)22(28)18-8-19(23)20(9-17(14)18)24-10-16-6-4-3-5-7-16/h3-9,13-14,24H,10-12H2,1-2H3,(H,25,26). The highest BCUT2D eigenvalue weighted by Gasteiger charge is 2.30. The summed E-state index contributed by atoms with van der Waals surface area (Å²) in [7, 11) is 0. The largest absolute Gasteiger partial charge is 0.380 e. The molecule has 1 aliphatic rings. The van der Waals surface area contributed by atoms with Crippen LogP contribution >= 0.6 is 11.6 Å². The molecule has 144 valence electrons. The molecule has 0 spiro atoms. The van der Waals surface area contributed by atoms with E-state index in [9.17, 15) is 4.79 Å². The van der Waals surface area contributed by atoms with E-state index in [-0.39, 0.29) is 11.8 Å². The first-order valence-electron chi connectivity index (χ1n) is 9.42. The number of halogens is 1. The topological polar surface area (TPSA) is 61.0 Å². The number of H-pyrrole nitrogens is 1. The molecule has 0 bridgehead atoms. The van der Waals surface area contributed by atoms with Gasteiger partial charge >= 0.3 is 0 Å². The zero-order valence-corrected chi connectivity index (χ0v) is 16.8. The van der Waals surface area contributed by atoms with Crippen LogP contribution in [0.5, 0.6) is 0 Å². The fraction of sp³-hybridized carbons (Fsp3) is 0.273. The van der Waals surface area contributed by atoms with E-state index in [0.29, 0.717) is 30.2 Å². The zero-order chi connectivity index (χ0) is 19.7. The molecule has 2 heterocycles. The van der Waals surface area contributed by atoms with Gasteiger partial charge in [0, 0.05) is 24.3 Å². The number of carbonyl (C=O) groups is 1. The Labute approximate surface area is 169 Å². The zero-order valence-electron chi connectivity index (χ0n) is 16.0. The van der Waals surface area contributed by atoms with E-state index in [0.717, 1.165) is 22.6 Å². The number of rotatable bonds is 5. The quantitative estimate of drug-likeness (QED) is 0.656. The first-order valence-corrected chi connectivity index (χ1v) is 9.80. The summed E-state index contributed by atoms with van der Waals surface area (Å²) >= 11 is 6.51. The molecule has 4 rings (SSSR count). The normalized spacial score (nSPS) is 16.2. The van der Waals surface area contributed by atoms with Gasteiger partial charge in [-0.05, 0) is 36.1 Å². The Morgan fingerprint density at radius 1 is 1.29 bits per heavy atom. The van der Waals surface area contributed by atoms with Gasteiger partial charge in [0.2, 0.25) is 0 Å². The van der Waals surface area contributed by atoms with E-state index in [1.807, 2.05) is 36.1 Å². The summed E-state index contributed by atoms with van der Waals surface area (Å²) in [4.78, 5) is 22.3. The number of anilines is 1. The van der Waals surface area contributed by atoms with Crippen molar-refractivity contribution in [2.45, 2.75) is 32.9 Å². The van der Waals surface area contributed by atoms with Crippen LogP contribution in [0.4, 0.5) is 5.69 Å². The minimum atomic E-state index is 0.00649. The lowest BCUT2D eigenvalue weighted by molar-refractivity contribution is 0.0709. The summed E-state index contributed by atoms with van der Waals surface area (Å²) in [6.45, 7) is 5.97. The predicted molar refractivity (Wildman–Crippen MR) is 112 cm³/mol. The lowest BCUT2D eigenvalue weighted by Gasteiger charge is -2.33. The molecule has 1 amide bonds. The van der Waals surface area contributed by atoms with Gasteiger partial charge in [-0.15, -0.1) is 0 Å². The third-order valence-electron chi connectivity index (χ3n) is 5.28. The van der Waals surface area contributed by atoms with E-state index >= 15 is 0 Å². The first kappa shape index (κ1) is 18.6. The van der Waals surface area contributed by atoms with Crippen molar-refractivity contribution >= 4 is 23.2 Å². The Morgan fingerprint density at radius 2 is 2.07 bits per heavy atom. The third-order valence-corrected chi connectivity index (χ3v) is 5.60. The van der Waals surface area contributed by atoms with E-state index in [4.69, 9.17) is 11.6 Å². The Kier molecular flexibility index (Phi) is 5.09. The van der Waals surface area contributed by atoms with Crippen LogP contribution in [0.15, 0.2) is 48.8 Å². The van der Waals surface area contributed by atoms with Crippen molar-refractivity contribution in [1.29, 1.82) is 0 Å². The molecule has 0 aliphatic carbocycles. The lowest BCUT2D eigenvalue weighted by Crippen LogP contribution is -2.39. The third kappa shape index (κ3) is 3.62. The molecular formula is C22H23ClN4O. The molecule has 2 aromatic carbocycles. The molecule has 1 aromatic heterocycles. The second-order valence-electron chi connectivity index (χ2n) is 7.32. The van der Waals surface area contributed by atoms with Crippen molar-refractivity contribution in [1.82, 2.24) is 14.9 Å². The number of aromatic amines is 1. The molecule has 1 aliphatic heterocycles. The molecule has 0 saturated heterocycles. The van der Waals surface area contributed by atoms with Crippen molar-refractivity contribution in [3.63, 3.8) is 0 Å². The summed E-state index contributed by atoms with van der Waals surface area (Å²) in [5.41, 5.74) is 5.66. The molecular weight excluding hydrogens is 372 g/mol. The van der Waals surface area contributed by atoms with Crippen LogP contribution in [0.2, 0.25) is 5.02 Å². The maximum Gasteiger partial charge on any atom is 0.254 e. The monoisotopic (exact) mass is 394 g/mol. The van der Waals surface area contributed by atoms with Crippen LogP contribution in [0.3, 0.4) is 0 Å². The Bertz CT molecular complexity index is 999. The number of fused-ring (bicyclic) bond motifs is 1. The van der Waals surface area contributed by atoms with Gasteiger partial charge in [-0.2, -0.15) is 0 Å². The molecule has 3 aromatic rings. The summed E-state index contributed by atoms with van der Waals surface area (Å²) in [6, 6.07) is 14.0. The molecule has 2 N–H and O–H groups in total. The number of aryl methyl sites for hydroxylation is 1. The van der Waals surface area contributed by atoms with Gasteiger partial charge in [0.05, 0.1) is 29.3 Å². The van der Waals surface area contributed by atoms with Gasteiger partial charge in [-0.3, -0.25) is 4.79 Å². The number of imidazole rings is 1. The molecule has 1 atom stereocenters. The first-order chi connectivity index (χ1) is 13.5. The minimum Gasteiger partial charge on any atom is -0.380 e. The Hall–Kier alpha value is -2.79. The van der Waals surface area contributed by atoms with Crippen LogP contribution in [0.1, 0.15) is 45.7 Å². The Morgan fingerprint density at radius 3 is 2.79 bits per heavy atom. The summed E-state index contributed by atoms with van der Waals surface area (Å²) in [5, 5.41) is 3.96. The van der Waals surface area contributed by atoms with Crippen LogP contribution in [0, 0.1) is 6.92 Å². The van der Waals surface area contributed by atoms with Crippen molar-refractivity contribution in [3.05, 3.63) is 81.9 Å². The molecule has 5 nitrogen and oxygen atoms in total. The lowest BCUT2D eigenvalue weighted by atomic mass is 9.90. The minimum absolute atomic E-state index is 0.00649. The van der Waals surface area contributed by atoms with Gasteiger partial charge in [0.15, 0.2) is 0 Å². The molecule has 0 saturated carbocycles. The van der Waals surface area contributed by atoms with Crippen LogP contribution in [0.25, 0.3) is 0 Å². The van der Waals surface area contributed by atoms with E-state index in [1.54, 1.807) is 12.4 Å². The number of aromatic nitrogens is 2. The summed E-state index contributed by atoms with van der Waals surface area (Å²) in [6.07, 6.45) is 1.66. The molecule has 6 heteroatoms. The maximum atomic E-state index is 13.1. The number of hydrogen-bond acceptors (Lipinski definition) is 3. The summed E-state index contributed by atoms with van der Waals surface area (Å²) in [5.74, 6) is 0.230. The van der Waals surface area contributed by atoms with Crippen molar-refractivity contribution in [2.75, 3.05) is 11.9 Å². The number of amides is 1. The van der Waals surface area contributed by atoms with Crippen LogP contribution in [-0.4, -0.2) is 27.3 Å². The van der Waals surface area contributed by atoms with Crippen LogP contribution in [-0.2, 0) is 13.1 Å². The van der Waals surface area contributed by atoms with Crippen molar-refractivity contribution in [3.8, 4) is 0 Å². The van der Waals surface area contributed by atoms with E-state index < -0.39 is 0 Å². The fourth-order valence-electron chi connectivity index (χ4n) is 3.66. The summed E-state index contributed by atoms with van der Waals surface area (Å²) < 4.78 is 0. The highest BCUT2D eigenvalue weighted by Crippen LogP contribution is 2.35. The van der Waals surface area contributed by atoms with Gasteiger partial charge < -0.3 is 15.2 Å². The number of carbonyl (C=O) groups excluding carboxylic acids is 1. The van der Waals surface area contributed by atoms with Gasteiger partial charge in [0.25, 0.3) is 5.91 Å². The average Bonchev–Trinajstić information content (AvgIpc) is 3.10. The van der Waals surface area contributed by atoms with E-state index in [2.05, 4.69) is 34.3 Å². The SMILES string of the molecule is Cc1[nH]cnc1CN1CC(C)c2cc(NCc3ccccc3)c(Cl)cc2C1=O. The number of nitrogens with zero attached hydrogens (tertiary/aromatic N) is 2. The highest BCUT2D eigenvalue weighted by atomic mass is 35.5. The molecule has 0 radical (unpaired) electrons. The number of hydrogen-bond donors (Lipinski definition) is 2. The number of nitrogens with one attached hydrogen (secondary N) is 2. The second kappa shape index (κ2) is 7.68. The van der Waals surface area contributed by atoms with Gasteiger partial charge in [-0.25, -0.2) is 4.98 Å². The number of benzene rings is 2. The predicted octanol–water partition coefficient (Wildman–Crippen LogP) is 4.74. The molecule has 1 unspecified atom stereocenters. The average molecular weight is 395 g/mol. The van der Waals surface area contributed by atoms with Gasteiger partial charge in [-0.1, -0.05) is 48.9 Å². The second-order valence-corrected chi connectivity index (χ2v) is 7.73. The maximum absolute atomic E-state index is 13.1. The van der Waals surface area contributed by atoms with Crippen LogP contribution < -0.4 is 5.32 Å². The van der Waals surface area contributed by atoms with Crippen molar-refractivity contribution in [2.24, 2.45) is 0 Å². The smallest absolute Gasteiger partial charge is 0.254 e. The molecule has 28 heavy (non-hydrogen) atoms. The van der Waals surface area contributed by atoms with Crippen molar-refractivity contribution < 1.29 is 4.79 Å². The van der Waals surface area contributed by atoms with Gasteiger partial charge in [0.1, 0.15) is 0 Å². The van der Waals surface area contributed by atoms with E-state index in [1.165, 1.54) is 5.56 Å². The molecule has 0 fully saturated rings. The Balaban J connectivity index is 1.56.